The van der Waals surface area contributed by atoms with E-state index in [1.54, 1.807) is 6.07 Å². The average Bonchev–Trinajstić information content (AvgIpc) is 2.52. The van der Waals surface area contributed by atoms with Gasteiger partial charge in [-0.2, -0.15) is 0 Å². The Morgan fingerprint density at radius 3 is 2.50 bits per heavy atom. The molecule has 1 heterocycles. The summed E-state index contributed by atoms with van der Waals surface area (Å²) in [5.41, 5.74) is 5.71. The van der Waals surface area contributed by atoms with E-state index in [0.29, 0.717) is 18.7 Å². The number of halogens is 2. The number of nitrogen functional groups attached to an aromatic ring is 1. The Hall–Kier alpha value is -1.06. The maximum absolute atomic E-state index is 12.9. The molecule has 2 rings (SSSR count). The molecule has 0 unspecified atom stereocenters. The summed E-state index contributed by atoms with van der Waals surface area (Å²) in [6.07, 6.45) is 2.87. The van der Waals surface area contributed by atoms with Gasteiger partial charge in [0, 0.05) is 25.1 Å². The summed E-state index contributed by atoms with van der Waals surface area (Å²) in [6.45, 7) is 0. The van der Waals surface area contributed by atoms with Gasteiger partial charge in [0.25, 0.3) is 0 Å². The summed E-state index contributed by atoms with van der Waals surface area (Å²) in [5, 5.41) is 0. The van der Waals surface area contributed by atoms with Crippen molar-refractivity contribution in [3.8, 4) is 0 Å². The van der Waals surface area contributed by atoms with Crippen molar-refractivity contribution in [3.63, 3.8) is 0 Å². The van der Waals surface area contributed by atoms with E-state index in [-0.39, 0.29) is 18.9 Å². The molecule has 1 aliphatic rings. The van der Waals surface area contributed by atoms with Gasteiger partial charge in [-0.25, -0.2) is 8.78 Å². The number of alkyl halides is 2. The molecule has 1 aliphatic carbocycles. The third-order valence-corrected chi connectivity index (χ3v) is 2.89. The number of rotatable bonds is 1. The van der Waals surface area contributed by atoms with Gasteiger partial charge in [0.2, 0.25) is 5.92 Å². The van der Waals surface area contributed by atoms with Crippen molar-refractivity contribution >= 4 is 5.82 Å². The molecule has 1 fully saturated rings. The summed E-state index contributed by atoms with van der Waals surface area (Å²) in [4.78, 5) is 0. The van der Waals surface area contributed by atoms with Gasteiger partial charge >= 0.3 is 0 Å². The highest BCUT2D eigenvalue weighted by molar-refractivity contribution is 5.30. The van der Waals surface area contributed by atoms with Crippen LogP contribution in [-0.4, -0.2) is 10.5 Å². The second kappa shape index (κ2) is 3.26. The van der Waals surface area contributed by atoms with Gasteiger partial charge in [-0.05, 0) is 25.0 Å². The van der Waals surface area contributed by atoms with E-state index >= 15 is 0 Å². The SMILES string of the molecule is Nc1cccn1C1CCC(F)(F)CC1. The third kappa shape index (κ3) is 1.74. The van der Waals surface area contributed by atoms with Crippen LogP contribution in [0.25, 0.3) is 0 Å². The topological polar surface area (TPSA) is 30.9 Å². The Labute approximate surface area is 81.7 Å². The molecule has 2 N–H and O–H groups in total. The lowest BCUT2D eigenvalue weighted by atomic mass is 9.92. The average molecular weight is 200 g/mol. The summed E-state index contributed by atoms with van der Waals surface area (Å²) < 4.78 is 27.7. The normalized spacial score (nSPS) is 22.4. The maximum atomic E-state index is 12.9. The fraction of sp³-hybridized carbons (Fsp3) is 0.600. The van der Waals surface area contributed by atoms with Crippen LogP contribution in [0, 0.1) is 0 Å². The van der Waals surface area contributed by atoms with Gasteiger partial charge in [-0.3, -0.25) is 0 Å². The summed E-state index contributed by atoms with van der Waals surface area (Å²) in [7, 11) is 0. The Kier molecular flexibility index (Phi) is 2.21. The van der Waals surface area contributed by atoms with E-state index in [9.17, 15) is 8.78 Å². The lowest BCUT2D eigenvalue weighted by Crippen LogP contribution is -2.26. The van der Waals surface area contributed by atoms with Crippen LogP contribution in [0.15, 0.2) is 18.3 Å². The van der Waals surface area contributed by atoms with Crippen LogP contribution >= 0.6 is 0 Å². The van der Waals surface area contributed by atoms with Crippen molar-refractivity contribution in [2.45, 2.75) is 37.6 Å². The van der Waals surface area contributed by atoms with E-state index in [1.807, 2.05) is 16.8 Å². The Morgan fingerprint density at radius 1 is 1.36 bits per heavy atom. The highest BCUT2D eigenvalue weighted by Crippen LogP contribution is 2.39. The fourth-order valence-corrected chi connectivity index (χ4v) is 2.04. The quantitative estimate of drug-likeness (QED) is 0.742. The largest absolute Gasteiger partial charge is 0.385 e. The Balaban J connectivity index is 2.06. The molecule has 1 aromatic heterocycles. The van der Waals surface area contributed by atoms with Crippen molar-refractivity contribution in [2.75, 3.05) is 5.73 Å². The van der Waals surface area contributed by atoms with Crippen LogP contribution in [0.5, 0.6) is 0 Å². The van der Waals surface area contributed by atoms with Crippen LogP contribution in [-0.2, 0) is 0 Å². The van der Waals surface area contributed by atoms with Gasteiger partial charge in [0.15, 0.2) is 0 Å². The molecule has 0 bridgehead atoms. The first kappa shape index (κ1) is 9.49. The molecule has 0 saturated heterocycles. The number of hydrogen-bond donors (Lipinski definition) is 1. The first-order valence-corrected chi connectivity index (χ1v) is 4.89. The number of anilines is 1. The van der Waals surface area contributed by atoms with Gasteiger partial charge in [-0.1, -0.05) is 0 Å². The van der Waals surface area contributed by atoms with Crippen molar-refractivity contribution in [1.29, 1.82) is 0 Å². The van der Waals surface area contributed by atoms with Gasteiger partial charge in [-0.15, -0.1) is 0 Å². The van der Waals surface area contributed by atoms with Gasteiger partial charge in [0.05, 0.1) is 0 Å². The van der Waals surface area contributed by atoms with Crippen LogP contribution in [0.4, 0.5) is 14.6 Å². The molecular weight excluding hydrogens is 186 g/mol. The zero-order valence-electron chi connectivity index (χ0n) is 7.92. The van der Waals surface area contributed by atoms with E-state index in [1.165, 1.54) is 0 Å². The molecule has 0 radical (unpaired) electrons. The molecule has 2 nitrogen and oxygen atoms in total. The third-order valence-electron chi connectivity index (χ3n) is 2.89. The van der Waals surface area contributed by atoms with Crippen molar-refractivity contribution < 1.29 is 8.78 Å². The zero-order chi connectivity index (χ0) is 10.2. The van der Waals surface area contributed by atoms with Crippen LogP contribution in [0.1, 0.15) is 31.7 Å². The lowest BCUT2D eigenvalue weighted by Gasteiger charge is -2.29. The fourth-order valence-electron chi connectivity index (χ4n) is 2.04. The predicted molar refractivity (Wildman–Crippen MR) is 51.3 cm³/mol. The summed E-state index contributed by atoms with van der Waals surface area (Å²) in [6, 6.07) is 3.80. The van der Waals surface area contributed by atoms with Crippen LogP contribution in [0.2, 0.25) is 0 Å². The highest BCUT2D eigenvalue weighted by atomic mass is 19.3. The molecule has 0 atom stereocenters. The molecule has 1 aromatic rings. The van der Waals surface area contributed by atoms with E-state index in [4.69, 9.17) is 5.73 Å². The Bertz CT molecular complexity index is 310. The molecule has 0 aliphatic heterocycles. The molecule has 0 spiro atoms. The van der Waals surface area contributed by atoms with Crippen molar-refractivity contribution in [1.82, 2.24) is 4.57 Å². The smallest absolute Gasteiger partial charge is 0.248 e. The standard InChI is InChI=1S/C10H14F2N2/c11-10(12)5-3-8(4-6-10)14-7-1-2-9(14)13/h1-2,7-8H,3-6,13H2. The predicted octanol–water partition coefficient (Wildman–Crippen LogP) is 2.82. The van der Waals surface area contributed by atoms with Crippen molar-refractivity contribution in [2.24, 2.45) is 0 Å². The minimum absolute atomic E-state index is 0.0186. The monoisotopic (exact) mass is 200 g/mol. The number of nitrogens with two attached hydrogens (primary N) is 1. The highest BCUT2D eigenvalue weighted by Gasteiger charge is 2.35. The molecular formula is C10H14F2N2. The maximum Gasteiger partial charge on any atom is 0.248 e. The summed E-state index contributed by atoms with van der Waals surface area (Å²) >= 11 is 0. The lowest BCUT2D eigenvalue weighted by molar-refractivity contribution is -0.0437. The van der Waals surface area contributed by atoms with E-state index < -0.39 is 5.92 Å². The van der Waals surface area contributed by atoms with Crippen LogP contribution in [0.3, 0.4) is 0 Å². The minimum atomic E-state index is -2.46. The molecule has 0 amide bonds. The van der Waals surface area contributed by atoms with Gasteiger partial charge < -0.3 is 10.3 Å². The first-order valence-electron chi connectivity index (χ1n) is 4.89. The Morgan fingerprint density at radius 2 is 2.00 bits per heavy atom. The zero-order valence-corrected chi connectivity index (χ0v) is 7.92. The van der Waals surface area contributed by atoms with Crippen LogP contribution < -0.4 is 5.73 Å². The molecule has 4 heteroatoms. The summed E-state index contributed by atoms with van der Waals surface area (Å²) in [5.74, 6) is -1.79. The van der Waals surface area contributed by atoms with E-state index in [0.717, 1.165) is 0 Å². The first-order chi connectivity index (χ1) is 6.58. The molecule has 14 heavy (non-hydrogen) atoms. The molecule has 0 aromatic carbocycles. The number of nitrogens with zero attached hydrogens (tertiary/aromatic N) is 1. The second-order valence-corrected chi connectivity index (χ2v) is 3.93. The number of aromatic nitrogens is 1. The van der Waals surface area contributed by atoms with Gasteiger partial charge in [0.1, 0.15) is 5.82 Å². The number of hydrogen-bond acceptors (Lipinski definition) is 1. The molecule has 78 valence electrons. The second-order valence-electron chi connectivity index (χ2n) is 3.93. The van der Waals surface area contributed by atoms with Crippen molar-refractivity contribution in [3.05, 3.63) is 18.3 Å². The minimum Gasteiger partial charge on any atom is -0.385 e. The molecule has 1 saturated carbocycles. The van der Waals surface area contributed by atoms with E-state index in [2.05, 4.69) is 0 Å².